The summed E-state index contributed by atoms with van der Waals surface area (Å²) in [5.74, 6) is 3.62. The van der Waals surface area contributed by atoms with Gasteiger partial charge >= 0.3 is 0 Å². The molecule has 0 bridgehead atoms. The molecule has 113 heavy (non-hydrogen) atoms. The third kappa shape index (κ3) is 10.5. The van der Waals surface area contributed by atoms with Gasteiger partial charge in [-0.2, -0.15) is 0 Å². The van der Waals surface area contributed by atoms with E-state index >= 15 is 0 Å². The molecule has 0 unspecified atom stereocenters. The second-order valence-corrected chi connectivity index (χ2v) is 30.0. The molecule has 23 aromatic rings. The average Bonchev–Trinajstić information content (AvgIpc) is 1.55. The minimum absolute atomic E-state index is 0.577. The Labute approximate surface area is 652 Å². The van der Waals surface area contributed by atoms with Gasteiger partial charge < -0.3 is 18.3 Å². The highest BCUT2D eigenvalue weighted by atomic mass is 32.1. The first kappa shape index (κ1) is 64.0. The van der Waals surface area contributed by atoms with Crippen LogP contribution in [-0.2, 0) is 0 Å². The molecule has 23 rings (SSSR count). The summed E-state index contributed by atoms with van der Waals surface area (Å²) in [6.45, 7) is 0. The lowest BCUT2D eigenvalue weighted by Gasteiger charge is -2.13. The summed E-state index contributed by atoms with van der Waals surface area (Å²) in [6.07, 6.45) is 0. The number of hydrogen-bond donors (Lipinski definition) is 0. The maximum Gasteiger partial charge on any atom is 0.164 e. The largest absolute Gasteiger partial charge is 0.309 e. The highest BCUT2D eigenvalue weighted by Gasteiger charge is 2.24. The fourth-order valence-electron chi connectivity index (χ4n) is 17.3. The van der Waals surface area contributed by atoms with Gasteiger partial charge in [0.05, 0.1) is 44.1 Å². The fourth-order valence-corrected chi connectivity index (χ4v) is 18.6. The maximum atomic E-state index is 5.41. The number of hydrogen-bond acceptors (Lipinski definition) is 7. The van der Waals surface area contributed by atoms with E-state index in [4.69, 9.17) is 29.9 Å². The summed E-state index contributed by atoms with van der Waals surface area (Å²) in [4.78, 5) is 31.2. The summed E-state index contributed by atoms with van der Waals surface area (Å²) in [7, 11) is 0. The van der Waals surface area contributed by atoms with Crippen molar-refractivity contribution in [3.05, 3.63) is 376 Å². The summed E-state index contributed by atoms with van der Waals surface area (Å²) in [5, 5.41) is 12.0. The Hall–Kier alpha value is -15.0. The molecule has 0 saturated heterocycles. The highest BCUT2D eigenvalue weighted by molar-refractivity contribution is 7.26. The summed E-state index contributed by atoms with van der Waals surface area (Å²) in [5.41, 5.74) is 23.2. The molecule has 0 spiro atoms. The van der Waals surface area contributed by atoms with Crippen molar-refractivity contribution in [3.8, 4) is 113 Å². The standard InChI is InChI=1S/C102H62N10S/c1-4-24-64(25-5-1)97-103-98(65-26-6-2-7-27-65)106-101(105-97)69-30-22-32-71(58-69)109-90-44-20-14-38-81(90)83-60-68(50-55-91(83)109)76-54-53-75(95-82-39-15-21-45-94(82)113-96(76)95)63-46-48-67(49-47-63)100-104-99(66-28-8-3-9-29-66)107-102(108-100)70-31-23-33-72(59-70)110-92-56-51-73(111-86-40-16-10-34-77(86)78-35-11-17-41-87(78)111)61-84(92)85-62-74(52-57-93(85)110)112-88-42-18-12-36-79(88)80-37-13-19-43-89(80)112/h1-62H. The van der Waals surface area contributed by atoms with E-state index in [1.54, 1.807) is 0 Å². The third-order valence-electron chi connectivity index (χ3n) is 22.5. The Morgan fingerprint density at radius 1 is 0.177 bits per heavy atom. The molecule has 526 valence electrons. The number of fused-ring (bicyclic) bond motifs is 15. The molecular formula is C102H62N10S. The van der Waals surface area contributed by atoms with E-state index in [0.29, 0.717) is 34.9 Å². The Bertz CT molecular complexity index is 7470. The molecule has 0 N–H and O–H groups in total. The molecule has 0 saturated carbocycles. The molecule has 0 atom stereocenters. The molecule has 10 nitrogen and oxygen atoms in total. The first-order valence-corrected chi connectivity index (χ1v) is 38.9. The summed E-state index contributed by atoms with van der Waals surface area (Å²) >= 11 is 1.85. The highest BCUT2D eigenvalue weighted by Crippen LogP contribution is 2.48. The molecular weight excluding hydrogens is 1400 g/mol. The molecule has 0 aliphatic rings. The van der Waals surface area contributed by atoms with E-state index in [2.05, 4.69) is 316 Å². The lowest BCUT2D eigenvalue weighted by Crippen LogP contribution is -2.01. The van der Waals surface area contributed by atoms with Crippen LogP contribution in [0.4, 0.5) is 0 Å². The zero-order chi connectivity index (χ0) is 74.2. The molecule has 11 heteroatoms. The Kier molecular flexibility index (Phi) is 14.6. The predicted octanol–water partition coefficient (Wildman–Crippen LogP) is 26.1. The lowest BCUT2D eigenvalue weighted by molar-refractivity contribution is 1.07. The SMILES string of the molecule is c1ccc(-c2nc(-c3ccccc3)nc(-c3cccc(-n4c5ccccc5c5cc(-c6ccc(-c7ccc(-c8nc(-c9ccccc9)nc(-c9cccc(-n%10c%11ccc(-n%12c%13ccccc%13c%13ccccc%13%12)cc%11c%11cc(-n%12c%13ccccc%13c%13ccccc%13%12)ccc%11%10)c9)n8)cc7)c7c6sc6ccccc67)ccc54)c3)n2)cc1. The van der Waals surface area contributed by atoms with Crippen LogP contribution in [-0.4, -0.2) is 48.2 Å². The lowest BCUT2D eigenvalue weighted by atomic mass is 9.94. The van der Waals surface area contributed by atoms with E-state index in [0.717, 1.165) is 106 Å². The molecule has 0 amide bonds. The number of para-hydroxylation sites is 5. The van der Waals surface area contributed by atoms with E-state index in [-0.39, 0.29) is 0 Å². The van der Waals surface area contributed by atoms with Gasteiger partial charge in [-0.1, -0.05) is 267 Å². The zero-order valence-corrected chi connectivity index (χ0v) is 61.5. The van der Waals surface area contributed by atoms with E-state index in [1.165, 1.54) is 80.1 Å². The molecule has 0 fully saturated rings. The molecule has 7 aromatic heterocycles. The topological polar surface area (TPSA) is 97.1 Å². The number of benzene rings is 16. The van der Waals surface area contributed by atoms with Gasteiger partial charge in [0.2, 0.25) is 0 Å². The van der Waals surface area contributed by atoms with Gasteiger partial charge in [-0.15, -0.1) is 11.3 Å². The van der Waals surface area contributed by atoms with Crippen LogP contribution in [0.5, 0.6) is 0 Å². The molecule has 16 aromatic carbocycles. The number of rotatable bonds is 12. The van der Waals surface area contributed by atoms with Gasteiger partial charge in [0, 0.05) is 119 Å². The molecule has 0 aliphatic heterocycles. The number of thiophene rings is 1. The second kappa shape index (κ2) is 25.8. The smallest absolute Gasteiger partial charge is 0.164 e. The Balaban J connectivity index is 0.617. The van der Waals surface area contributed by atoms with Gasteiger partial charge in [-0.25, -0.2) is 29.9 Å². The van der Waals surface area contributed by atoms with Crippen LogP contribution < -0.4 is 0 Å². The van der Waals surface area contributed by atoms with Gasteiger partial charge in [-0.3, -0.25) is 0 Å². The normalized spacial score (nSPS) is 11.9. The summed E-state index contributed by atoms with van der Waals surface area (Å²) in [6, 6.07) is 135. The van der Waals surface area contributed by atoms with Gasteiger partial charge in [0.15, 0.2) is 34.9 Å². The van der Waals surface area contributed by atoms with Crippen LogP contribution in [0.15, 0.2) is 376 Å². The first-order valence-electron chi connectivity index (χ1n) is 38.1. The molecule has 0 radical (unpaired) electrons. The molecule has 0 aliphatic carbocycles. The van der Waals surface area contributed by atoms with Crippen LogP contribution >= 0.6 is 11.3 Å². The fraction of sp³-hybridized carbons (Fsp3) is 0. The number of nitrogens with zero attached hydrogens (tertiary/aromatic N) is 10. The van der Waals surface area contributed by atoms with E-state index in [1.807, 2.05) is 90.2 Å². The second-order valence-electron chi connectivity index (χ2n) is 28.9. The van der Waals surface area contributed by atoms with Crippen molar-refractivity contribution in [2.75, 3.05) is 0 Å². The minimum atomic E-state index is 0.577. The van der Waals surface area contributed by atoms with E-state index in [9.17, 15) is 0 Å². The molecule has 7 heterocycles. The van der Waals surface area contributed by atoms with E-state index < -0.39 is 0 Å². The van der Waals surface area contributed by atoms with Crippen molar-refractivity contribution in [1.82, 2.24) is 48.2 Å². The Morgan fingerprint density at radius 3 is 0.894 bits per heavy atom. The van der Waals surface area contributed by atoms with Crippen molar-refractivity contribution in [2.24, 2.45) is 0 Å². The van der Waals surface area contributed by atoms with Gasteiger partial charge in [0.1, 0.15) is 0 Å². The van der Waals surface area contributed by atoms with Crippen molar-refractivity contribution < 1.29 is 0 Å². The van der Waals surface area contributed by atoms with Crippen molar-refractivity contribution in [1.29, 1.82) is 0 Å². The monoisotopic (exact) mass is 1460 g/mol. The van der Waals surface area contributed by atoms with Crippen LogP contribution in [0.3, 0.4) is 0 Å². The minimum Gasteiger partial charge on any atom is -0.309 e. The average molecular weight is 1460 g/mol. The quantitative estimate of drug-likeness (QED) is 0.121. The first-order chi connectivity index (χ1) is 56.0. The number of aromatic nitrogens is 10. The van der Waals surface area contributed by atoms with Crippen LogP contribution in [0, 0.1) is 0 Å². The maximum absolute atomic E-state index is 5.41. The van der Waals surface area contributed by atoms with Crippen molar-refractivity contribution >= 4 is 119 Å². The van der Waals surface area contributed by atoms with Gasteiger partial charge in [0.25, 0.3) is 0 Å². The van der Waals surface area contributed by atoms with Crippen molar-refractivity contribution in [2.45, 2.75) is 0 Å². The van der Waals surface area contributed by atoms with Crippen molar-refractivity contribution in [3.63, 3.8) is 0 Å². The zero-order valence-electron chi connectivity index (χ0n) is 60.7. The van der Waals surface area contributed by atoms with Crippen LogP contribution in [0.1, 0.15) is 0 Å². The third-order valence-corrected chi connectivity index (χ3v) is 23.7. The summed E-state index contributed by atoms with van der Waals surface area (Å²) < 4.78 is 12.1. The van der Waals surface area contributed by atoms with Crippen LogP contribution in [0.25, 0.3) is 221 Å². The van der Waals surface area contributed by atoms with Crippen LogP contribution in [0.2, 0.25) is 0 Å². The Morgan fingerprint density at radius 2 is 0.469 bits per heavy atom. The predicted molar refractivity (Wildman–Crippen MR) is 467 cm³/mol. The van der Waals surface area contributed by atoms with Gasteiger partial charge in [-0.05, 0) is 131 Å².